The van der Waals surface area contributed by atoms with Crippen LogP contribution in [0, 0.1) is 17.3 Å². The van der Waals surface area contributed by atoms with E-state index in [1.807, 2.05) is 44.2 Å². The van der Waals surface area contributed by atoms with Crippen LogP contribution >= 0.6 is 0 Å². The fraction of sp³-hybridized carbons (Fsp3) is 0.625. The number of hydrogen-bond donors (Lipinski definition) is 1. The van der Waals surface area contributed by atoms with E-state index in [1.54, 1.807) is 0 Å². The Morgan fingerprint density at radius 2 is 1.87 bits per heavy atom. The summed E-state index contributed by atoms with van der Waals surface area (Å²) in [6, 6.07) is 10.0. The number of ether oxygens (including phenoxy) is 1. The SMILES string of the molecule is CN(O)C(=O)C(C)(C)CC/C=C\C[C@@H]1[C@H](CS(=O)Cc2ccccc2)[C@@H]2CC[C@H]1O2. The molecule has 6 heteroatoms. The van der Waals surface area contributed by atoms with Crippen LogP contribution in [0.3, 0.4) is 0 Å². The van der Waals surface area contributed by atoms with Crippen LogP contribution in [0.1, 0.15) is 51.5 Å². The van der Waals surface area contributed by atoms with Crippen molar-refractivity contribution in [2.45, 2.75) is 63.9 Å². The lowest BCUT2D eigenvalue weighted by Gasteiger charge is -2.27. The maximum absolute atomic E-state index is 12.8. The summed E-state index contributed by atoms with van der Waals surface area (Å²) in [5.41, 5.74) is 0.544. The monoisotopic (exact) mass is 433 g/mol. The first kappa shape index (κ1) is 23.2. The lowest BCUT2D eigenvalue weighted by Crippen LogP contribution is -2.36. The molecule has 0 saturated carbocycles. The highest BCUT2D eigenvalue weighted by Gasteiger charge is 2.48. The summed E-state index contributed by atoms with van der Waals surface area (Å²) < 4.78 is 18.9. The van der Waals surface area contributed by atoms with Crippen LogP contribution in [-0.4, -0.2) is 45.4 Å². The zero-order valence-corrected chi connectivity index (χ0v) is 19.1. The van der Waals surface area contributed by atoms with Crippen LogP contribution in [0.5, 0.6) is 0 Å². The van der Waals surface area contributed by atoms with E-state index in [0.29, 0.717) is 40.9 Å². The predicted molar refractivity (Wildman–Crippen MR) is 119 cm³/mol. The molecule has 1 amide bonds. The Morgan fingerprint density at radius 3 is 2.53 bits per heavy atom. The highest BCUT2D eigenvalue weighted by Crippen LogP contribution is 2.45. The molecular weight excluding hydrogens is 398 g/mol. The van der Waals surface area contributed by atoms with Gasteiger partial charge < -0.3 is 4.74 Å². The third-order valence-electron chi connectivity index (χ3n) is 6.52. The molecule has 30 heavy (non-hydrogen) atoms. The van der Waals surface area contributed by atoms with E-state index in [0.717, 1.165) is 31.2 Å². The topological polar surface area (TPSA) is 66.8 Å². The molecule has 5 atom stereocenters. The molecule has 0 spiro atoms. The van der Waals surface area contributed by atoms with Crippen molar-refractivity contribution in [3.05, 3.63) is 48.0 Å². The van der Waals surface area contributed by atoms with Gasteiger partial charge in [0.15, 0.2) is 0 Å². The summed E-state index contributed by atoms with van der Waals surface area (Å²) in [7, 11) is 0.488. The van der Waals surface area contributed by atoms with E-state index in [4.69, 9.17) is 4.74 Å². The van der Waals surface area contributed by atoms with Crippen LogP contribution < -0.4 is 0 Å². The quantitative estimate of drug-likeness (QED) is 0.339. The van der Waals surface area contributed by atoms with Gasteiger partial charge in [-0.1, -0.05) is 56.3 Å². The lowest BCUT2D eigenvalue weighted by atomic mass is 9.78. The fourth-order valence-electron chi connectivity index (χ4n) is 4.82. The molecule has 0 aromatic heterocycles. The first-order valence-electron chi connectivity index (χ1n) is 10.9. The van der Waals surface area contributed by atoms with E-state index >= 15 is 0 Å². The molecule has 3 rings (SSSR count). The predicted octanol–water partition coefficient (Wildman–Crippen LogP) is 4.33. The van der Waals surface area contributed by atoms with E-state index in [9.17, 15) is 14.2 Å². The second-order valence-corrected chi connectivity index (χ2v) is 10.8. The minimum atomic E-state index is -0.884. The highest BCUT2D eigenvalue weighted by molar-refractivity contribution is 7.84. The molecule has 1 aromatic carbocycles. The minimum Gasteiger partial charge on any atom is -0.374 e. The first-order chi connectivity index (χ1) is 14.3. The lowest BCUT2D eigenvalue weighted by molar-refractivity contribution is -0.169. The Balaban J connectivity index is 1.50. The molecule has 2 aliphatic rings. The van der Waals surface area contributed by atoms with Gasteiger partial charge in [-0.3, -0.25) is 14.2 Å². The molecule has 0 aliphatic carbocycles. The second-order valence-electron chi connectivity index (χ2n) is 9.31. The molecule has 2 aliphatic heterocycles. The maximum atomic E-state index is 12.8. The summed E-state index contributed by atoms with van der Waals surface area (Å²) in [6.45, 7) is 3.72. The summed E-state index contributed by atoms with van der Waals surface area (Å²) in [5.74, 6) is 1.84. The Labute approximate surface area is 182 Å². The Hall–Kier alpha value is -1.50. The molecule has 2 bridgehead atoms. The van der Waals surface area contributed by atoms with E-state index in [-0.39, 0.29) is 12.0 Å². The van der Waals surface area contributed by atoms with Gasteiger partial charge in [-0.25, -0.2) is 5.06 Å². The fourth-order valence-corrected chi connectivity index (χ4v) is 6.40. The largest absolute Gasteiger partial charge is 0.374 e. The molecule has 2 fully saturated rings. The number of nitrogens with zero attached hydrogens (tertiary/aromatic N) is 1. The van der Waals surface area contributed by atoms with Crippen molar-refractivity contribution in [3.8, 4) is 0 Å². The number of amides is 1. The molecule has 2 heterocycles. The van der Waals surface area contributed by atoms with Crippen LogP contribution in [0.4, 0.5) is 0 Å². The van der Waals surface area contributed by atoms with Crippen LogP contribution in [0.15, 0.2) is 42.5 Å². The third-order valence-corrected chi connectivity index (χ3v) is 7.93. The standard InChI is InChI=1S/C24H35NO4S/c1-24(2,23(26)25(3)27)15-9-5-8-12-19-20(22-14-13-21(19)29-22)17-30(28)16-18-10-6-4-7-11-18/h4-8,10-11,19-22,27H,9,12-17H2,1-3H3/b8-5-/t19-,20+,21-,22+,30?/m1/s1. The number of hydrogen-bond acceptors (Lipinski definition) is 4. The third kappa shape index (κ3) is 5.80. The van der Waals surface area contributed by atoms with E-state index < -0.39 is 16.2 Å². The summed E-state index contributed by atoms with van der Waals surface area (Å²) in [6.07, 6.45) is 9.48. The summed E-state index contributed by atoms with van der Waals surface area (Å²) >= 11 is 0. The molecule has 1 N–H and O–H groups in total. The summed E-state index contributed by atoms with van der Waals surface area (Å²) in [5, 5.41) is 10.1. The van der Waals surface area contributed by atoms with Gasteiger partial charge >= 0.3 is 0 Å². The number of carbonyl (C=O) groups excluding carboxylic acids is 1. The Kier molecular flexibility index (Phi) is 7.88. The van der Waals surface area contributed by atoms with Gasteiger partial charge in [-0.2, -0.15) is 0 Å². The number of benzene rings is 1. The van der Waals surface area contributed by atoms with Crippen LogP contribution in [0.25, 0.3) is 0 Å². The van der Waals surface area contributed by atoms with Crippen LogP contribution in [-0.2, 0) is 26.1 Å². The second kappa shape index (κ2) is 10.2. The van der Waals surface area contributed by atoms with Crippen molar-refractivity contribution in [1.82, 2.24) is 5.06 Å². The number of allylic oxidation sites excluding steroid dienone is 2. The number of carbonyl (C=O) groups is 1. The molecule has 2 saturated heterocycles. The molecule has 1 aromatic rings. The normalized spacial score (nSPS) is 26.9. The average Bonchev–Trinajstić information content (AvgIpc) is 3.30. The maximum Gasteiger partial charge on any atom is 0.251 e. The van der Waals surface area contributed by atoms with Gasteiger partial charge in [0.05, 0.1) is 12.2 Å². The van der Waals surface area contributed by atoms with Gasteiger partial charge in [-0.15, -0.1) is 0 Å². The molecule has 166 valence electrons. The Morgan fingerprint density at radius 1 is 1.20 bits per heavy atom. The van der Waals surface area contributed by atoms with E-state index in [1.165, 1.54) is 7.05 Å². The van der Waals surface area contributed by atoms with Crippen molar-refractivity contribution in [2.24, 2.45) is 17.3 Å². The van der Waals surface area contributed by atoms with Gasteiger partial charge in [0, 0.05) is 40.7 Å². The van der Waals surface area contributed by atoms with Gasteiger partial charge in [0.1, 0.15) is 0 Å². The average molecular weight is 434 g/mol. The molecular formula is C24H35NO4S. The van der Waals surface area contributed by atoms with Crippen molar-refractivity contribution in [3.63, 3.8) is 0 Å². The zero-order chi connectivity index (χ0) is 21.7. The van der Waals surface area contributed by atoms with E-state index in [2.05, 4.69) is 12.2 Å². The number of rotatable bonds is 10. The van der Waals surface area contributed by atoms with Gasteiger partial charge in [-0.05, 0) is 43.6 Å². The minimum absolute atomic E-state index is 0.254. The first-order valence-corrected chi connectivity index (χ1v) is 12.4. The smallest absolute Gasteiger partial charge is 0.251 e. The molecule has 5 nitrogen and oxygen atoms in total. The van der Waals surface area contributed by atoms with Crippen molar-refractivity contribution >= 4 is 16.7 Å². The van der Waals surface area contributed by atoms with Crippen molar-refractivity contribution < 1.29 is 18.9 Å². The van der Waals surface area contributed by atoms with Gasteiger partial charge in [0.2, 0.25) is 0 Å². The number of fused-ring (bicyclic) bond motifs is 2. The zero-order valence-electron chi connectivity index (χ0n) is 18.3. The summed E-state index contributed by atoms with van der Waals surface area (Å²) in [4.78, 5) is 12.0. The molecule has 0 radical (unpaired) electrons. The van der Waals surface area contributed by atoms with Crippen LogP contribution in [0.2, 0.25) is 0 Å². The highest BCUT2D eigenvalue weighted by atomic mass is 32.2. The van der Waals surface area contributed by atoms with Crippen molar-refractivity contribution in [2.75, 3.05) is 12.8 Å². The van der Waals surface area contributed by atoms with Crippen molar-refractivity contribution in [1.29, 1.82) is 0 Å². The van der Waals surface area contributed by atoms with Gasteiger partial charge in [0.25, 0.3) is 5.91 Å². The Bertz CT molecular complexity index is 762. The number of hydroxylamine groups is 2. The molecule has 1 unspecified atom stereocenters.